The zero-order valence-corrected chi connectivity index (χ0v) is 13.5. The lowest BCUT2D eigenvalue weighted by Gasteiger charge is -2.11. The van der Waals surface area contributed by atoms with Crippen LogP contribution in [0.3, 0.4) is 0 Å². The number of hydrogen-bond acceptors (Lipinski definition) is 2. The topological polar surface area (TPSA) is 22.3 Å². The van der Waals surface area contributed by atoms with Crippen LogP contribution in [-0.4, -0.2) is 14.2 Å². The van der Waals surface area contributed by atoms with Crippen molar-refractivity contribution in [1.29, 1.82) is 0 Å². The molecule has 0 bridgehead atoms. The van der Waals surface area contributed by atoms with Crippen molar-refractivity contribution in [2.75, 3.05) is 14.2 Å². The van der Waals surface area contributed by atoms with Gasteiger partial charge in [0.2, 0.25) is 5.52 Å². The highest BCUT2D eigenvalue weighted by Crippen LogP contribution is 2.35. The van der Waals surface area contributed by atoms with E-state index in [0.29, 0.717) is 0 Å². The molecule has 0 amide bonds. The van der Waals surface area contributed by atoms with Crippen molar-refractivity contribution in [2.24, 2.45) is 7.05 Å². The van der Waals surface area contributed by atoms with E-state index in [1.807, 2.05) is 6.07 Å². The van der Waals surface area contributed by atoms with Gasteiger partial charge in [0.25, 0.3) is 0 Å². The molecule has 0 saturated heterocycles. The van der Waals surface area contributed by atoms with Gasteiger partial charge in [0, 0.05) is 5.39 Å². The van der Waals surface area contributed by atoms with Gasteiger partial charge >= 0.3 is 0 Å². The Bertz CT molecular complexity index is 1050. The SMILES string of the molecule is COc1cc2c[n+](C)c3c4ccccc4ccc3c2cc1OC. The highest BCUT2D eigenvalue weighted by Gasteiger charge is 2.16. The van der Waals surface area contributed by atoms with Crippen molar-refractivity contribution >= 4 is 32.4 Å². The van der Waals surface area contributed by atoms with Gasteiger partial charge in [-0.15, -0.1) is 0 Å². The molecule has 0 unspecified atom stereocenters. The van der Waals surface area contributed by atoms with Gasteiger partial charge in [0.05, 0.1) is 30.4 Å². The Kier molecular flexibility index (Phi) is 3.08. The number of hydrogen-bond donors (Lipinski definition) is 0. The highest BCUT2D eigenvalue weighted by atomic mass is 16.5. The average molecular weight is 304 g/mol. The number of fused-ring (bicyclic) bond motifs is 5. The summed E-state index contributed by atoms with van der Waals surface area (Å²) in [4.78, 5) is 0. The molecular formula is C20H18NO2+. The largest absolute Gasteiger partial charge is 0.493 e. The summed E-state index contributed by atoms with van der Waals surface area (Å²) in [6, 6.07) is 16.9. The van der Waals surface area contributed by atoms with Crippen LogP contribution in [0.1, 0.15) is 0 Å². The van der Waals surface area contributed by atoms with Crippen molar-refractivity contribution in [2.45, 2.75) is 0 Å². The Morgan fingerprint density at radius 2 is 1.48 bits per heavy atom. The Morgan fingerprint density at radius 3 is 2.26 bits per heavy atom. The number of methoxy groups -OCH3 is 2. The summed E-state index contributed by atoms with van der Waals surface area (Å²) in [5.74, 6) is 1.50. The molecule has 0 aliphatic carbocycles. The van der Waals surface area contributed by atoms with Crippen LogP contribution in [0.4, 0.5) is 0 Å². The zero-order chi connectivity index (χ0) is 16.0. The molecule has 3 heteroatoms. The smallest absolute Gasteiger partial charge is 0.220 e. The lowest BCUT2D eigenvalue weighted by molar-refractivity contribution is -0.642. The van der Waals surface area contributed by atoms with Crippen LogP contribution in [-0.2, 0) is 7.05 Å². The molecule has 3 nitrogen and oxygen atoms in total. The fourth-order valence-electron chi connectivity index (χ4n) is 3.36. The normalized spacial score (nSPS) is 11.3. The third-order valence-corrected chi connectivity index (χ3v) is 4.43. The second-order valence-corrected chi connectivity index (χ2v) is 5.72. The van der Waals surface area contributed by atoms with Gasteiger partial charge in [-0.2, -0.15) is 4.57 Å². The van der Waals surface area contributed by atoms with E-state index in [1.54, 1.807) is 14.2 Å². The van der Waals surface area contributed by atoms with E-state index in [1.165, 1.54) is 27.1 Å². The Labute approximate surface area is 134 Å². The number of nitrogens with zero attached hydrogens (tertiary/aromatic N) is 1. The minimum absolute atomic E-state index is 0.750. The molecule has 0 fully saturated rings. The summed E-state index contributed by atoms with van der Waals surface area (Å²) in [6.07, 6.45) is 2.14. The van der Waals surface area contributed by atoms with Gasteiger partial charge < -0.3 is 9.47 Å². The van der Waals surface area contributed by atoms with Crippen LogP contribution in [0.2, 0.25) is 0 Å². The monoisotopic (exact) mass is 304 g/mol. The molecule has 0 N–H and O–H groups in total. The van der Waals surface area contributed by atoms with E-state index in [-0.39, 0.29) is 0 Å². The molecule has 0 saturated carbocycles. The van der Waals surface area contributed by atoms with Crippen LogP contribution >= 0.6 is 0 Å². The van der Waals surface area contributed by atoms with Crippen LogP contribution < -0.4 is 14.0 Å². The van der Waals surface area contributed by atoms with Crippen LogP contribution in [0.5, 0.6) is 11.5 Å². The van der Waals surface area contributed by atoms with Crippen LogP contribution in [0.25, 0.3) is 32.4 Å². The van der Waals surface area contributed by atoms with Gasteiger partial charge in [-0.1, -0.05) is 24.3 Å². The lowest BCUT2D eigenvalue weighted by atomic mass is 10.0. The second kappa shape index (κ2) is 5.13. The van der Waals surface area contributed by atoms with E-state index >= 15 is 0 Å². The second-order valence-electron chi connectivity index (χ2n) is 5.72. The molecule has 114 valence electrons. The maximum atomic E-state index is 5.48. The van der Waals surface area contributed by atoms with Gasteiger partial charge in [-0.3, -0.25) is 0 Å². The first-order valence-electron chi connectivity index (χ1n) is 7.59. The first-order valence-corrected chi connectivity index (χ1v) is 7.59. The lowest BCUT2D eigenvalue weighted by Crippen LogP contribution is -2.28. The summed E-state index contributed by atoms with van der Waals surface area (Å²) < 4.78 is 13.1. The fourth-order valence-corrected chi connectivity index (χ4v) is 3.36. The summed E-state index contributed by atoms with van der Waals surface area (Å²) in [5.41, 5.74) is 1.22. The van der Waals surface area contributed by atoms with Crippen LogP contribution in [0, 0.1) is 0 Å². The molecule has 0 aliphatic rings. The molecule has 4 rings (SSSR count). The number of pyridine rings is 1. The van der Waals surface area contributed by atoms with Crippen molar-refractivity contribution < 1.29 is 14.0 Å². The minimum Gasteiger partial charge on any atom is -0.493 e. The van der Waals surface area contributed by atoms with E-state index in [4.69, 9.17) is 9.47 Å². The van der Waals surface area contributed by atoms with Crippen molar-refractivity contribution in [3.05, 3.63) is 54.7 Å². The summed E-state index contributed by atoms with van der Waals surface area (Å²) in [7, 11) is 5.42. The highest BCUT2D eigenvalue weighted by molar-refractivity contribution is 6.13. The summed E-state index contributed by atoms with van der Waals surface area (Å²) in [6.45, 7) is 0. The Balaban J connectivity index is 2.22. The predicted molar refractivity (Wildman–Crippen MR) is 93.2 cm³/mol. The van der Waals surface area contributed by atoms with E-state index < -0.39 is 0 Å². The standard InChI is InChI=1S/C20H18NO2/c1-21-12-14-10-18(22-2)19(23-3)11-17(14)16-9-8-13-6-4-5-7-15(13)20(16)21/h4-12H,1-3H3/q+1. The molecule has 23 heavy (non-hydrogen) atoms. The number of ether oxygens (including phenoxy) is 2. The first kappa shape index (κ1) is 13.8. The molecule has 1 heterocycles. The average Bonchev–Trinajstić information content (AvgIpc) is 2.60. The molecule has 0 aliphatic heterocycles. The number of benzene rings is 3. The first-order chi connectivity index (χ1) is 11.2. The van der Waals surface area contributed by atoms with Gasteiger partial charge in [-0.05, 0) is 29.7 Å². The van der Waals surface area contributed by atoms with Crippen LogP contribution in [0.15, 0.2) is 54.7 Å². The quantitative estimate of drug-likeness (QED) is 0.413. The van der Waals surface area contributed by atoms with E-state index in [2.05, 4.69) is 60.3 Å². The Morgan fingerprint density at radius 1 is 0.739 bits per heavy atom. The molecule has 3 aromatic carbocycles. The van der Waals surface area contributed by atoms with Crippen molar-refractivity contribution in [1.82, 2.24) is 0 Å². The number of aryl methyl sites for hydroxylation is 1. The predicted octanol–water partition coefficient (Wildman–Crippen LogP) is 3.99. The number of aromatic nitrogens is 1. The third-order valence-electron chi connectivity index (χ3n) is 4.43. The summed E-state index contributed by atoms with van der Waals surface area (Å²) >= 11 is 0. The Hall–Kier alpha value is -2.81. The van der Waals surface area contributed by atoms with Crippen molar-refractivity contribution in [3.63, 3.8) is 0 Å². The maximum absolute atomic E-state index is 5.48. The fraction of sp³-hybridized carbons (Fsp3) is 0.150. The molecular weight excluding hydrogens is 286 g/mol. The van der Waals surface area contributed by atoms with Gasteiger partial charge in [0.15, 0.2) is 17.7 Å². The van der Waals surface area contributed by atoms with E-state index in [0.717, 1.165) is 16.9 Å². The molecule has 0 atom stereocenters. The molecule has 0 radical (unpaired) electrons. The van der Waals surface area contributed by atoms with E-state index in [9.17, 15) is 0 Å². The van der Waals surface area contributed by atoms with Crippen molar-refractivity contribution in [3.8, 4) is 11.5 Å². The molecule has 4 aromatic rings. The minimum atomic E-state index is 0.750. The summed E-state index contributed by atoms with van der Waals surface area (Å²) in [5, 5.41) is 6.01. The zero-order valence-electron chi connectivity index (χ0n) is 13.5. The third kappa shape index (κ3) is 2.00. The van der Waals surface area contributed by atoms with Gasteiger partial charge in [-0.25, -0.2) is 0 Å². The molecule has 0 spiro atoms. The molecule has 1 aromatic heterocycles. The maximum Gasteiger partial charge on any atom is 0.220 e. The van der Waals surface area contributed by atoms with Gasteiger partial charge in [0.1, 0.15) is 7.05 Å². The number of rotatable bonds is 2.